The molecule has 0 bridgehead atoms. The van der Waals surface area contributed by atoms with Crippen LogP contribution in [0.1, 0.15) is 37.3 Å². The first-order valence-electron chi connectivity index (χ1n) is 9.19. The molecule has 2 N–H and O–H groups in total. The monoisotopic (exact) mass is 372 g/mol. The second-order valence-electron chi connectivity index (χ2n) is 6.91. The lowest BCUT2D eigenvalue weighted by molar-refractivity contribution is -0.138. The number of benzene rings is 1. The number of nitrogens with zero attached hydrogens (tertiary/aromatic N) is 1. The second kappa shape index (κ2) is 7.82. The number of carbonyl (C=O) groups is 2. The Labute approximate surface area is 157 Å². The van der Waals surface area contributed by atoms with Gasteiger partial charge in [-0.2, -0.15) is 0 Å². The molecule has 1 fully saturated rings. The summed E-state index contributed by atoms with van der Waals surface area (Å²) in [6.45, 7) is 4.19. The van der Waals surface area contributed by atoms with E-state index in [9.17, 15) is 14.4 Å². The summed E-state index contributed by atoms with van der Waals surface area (Å²) in [6, 6.07) is 4.52. The van der Waals surface area contributed by atoms with Crippen LogP contribution in [0.2, 0.25) is 0 Å². The van der Waals surface area contributed by atoms with Crippen molar-refractivity contribution in [3.8, 4) is 5.75 Å². The molecule has 1 atom stereocenters. The maximum absolute atomic E-state index is 12.5. The summed E-state index contributed by atoms with van der Waals surface area (Å²) < 4.78 is 11.2. The molecular formula is C20H24N2O5. The van der Waals surface area contributed by atoms with Crippen LogP contribution in [0, 0.1) is 6.92 Å². The van der Waals surface area contributed by atoms with Crippen molar-refractivity contribution in [3.05, 3.63) is 39.7 Å². The van der Waals surface area contributed by atoms with E-state index in [-0.39, 0.29) is 12.5 Å². The lowest BCUT2D eigenvalue weighted by Gasteiger charge is -2.22. The average Bonchev–Trinajstić information content (AvgIpc) is 3.09. The normalized spacial score (nSPS) is 16.7. The van der Waals surface area contributed by atoms with Crippen LogP contribution in [-0.2, 0) is 16.0 Å². The van der Waals surface area contributed by atoms with Crippen LogP contribution in [0.15, 0.2) is 27.4 Å². The highest BCUT2D eigenvalue weighted by atomic mass is 16.5. The van der Waals surface area contributed by atoms with E-state index in [1.54, 1.807) is 6.07 Å². The zero-order valence-electron chi connectivity index (χ0n) is 15.6. The lowest BCUT2D eigenvalue weighted by atomic mass is 10.0. The van der Waals surface area contributed by atoms with E-state index < -0.39 is 17.6 Å². The summed E-state index contributed by atoms with van der Waals surface area (Å²) in [7, 11) is 0. The van der Waals surface area contributed by atoms with Crippen molar-refractivity contribution in [2.75, 3.05) is 13.2 Å². The summed E-state index contributed by atoms with van der Waals surface area (Å²) in [5.41, 5.74) is 7.12. The van der Waals surface area contributed by atoms with Crippen molar-refractivity contribution >= 4 is 22.8 Å². The van der Waals surface area contributed by atoms with E-state index in [4.69, 9.17) is 14.9 Å². The standard InChI is InChI=1S/C20H24N2O5/c1-3-5-13-10-18(24)27-16-9-12(2)8-15(19(13)16)26-11-17(23)22-7-4-6-14(22)20(21)25/h8-10,14H,3-7,11H2,1-2H3,(H2,21,25). The van der Waals surface area contributed by atoms with Crippen LogP contribution >= 0.6 is 0 Å². The average molecular weight is 372 g/mol. The molecular weight excluding hydrogens is 348 g/mol. The molecule has 27 heavy (non-hydrogen) atoms. The molecule has 2 heterocycles. The number of aryl methyl sites for hydroxylation is 2. The van der Waals surface area contributed by atoms with Crippen LogP contribution < -0.4 is 16.1 Å². The van der Waals surface area contributed by atoms with Crippen LogP contribution in [0.3, 0.4) is 0 Å². The minimum absolute atomic E-state index is 0.201. The number of rotatable bonds is 6. The van der Waals surface area contributed by atoms with Gasteiger partial charge in [0.2, 0.25) is 5.91 Å². The van der Waals surface area contributed by atoms with Crippen molar-refractivity contribution in [1.82, 2.24) is 4.90 Å². The third kappa shape index (κ3) is 3.97. The van der Waals surface area contributed by atoms with Crippen molar-refractivity contribution in [2.24, 2.45) is 5.73 Å². The third-order valence-corrected chi connectivity index (χ3v) is 4.81. The van der Waals surface area contributed by atoms with Gasteiger partial charge in [-0.1, -0.05) is 13.3 Å². The van der Waals surface area contributed by atoms with Gasteiger partial charge in [0.1, 0.15) is 17.4 Å². The molecule has 1 aliphatic rings. The van der Waals surface area contributed by atoms with Gasteiger partial charge in [0.05, 0.1) is 5.39 Å². The number of fused-ring (bicyclic) bond motifs is 1. The van der Waals surface area contributed by atoms with E-state index in [2.05, 4.69) is 0 Å². The van der Waals surface area contributed by atoms with Gasteiger partial charge in [-0.3, -0.25) is 9.59 Å². The fourth-order valence-electron chi connectivity index (χ4n) is 3.63. The summed E-state index contributed by atoms with van der Waals surface area (Å²) in [5.74, 6) is -0.269. The first-order valence-corrected chi connectivity index (χ1v) is 9.19. The Morgan fingerprint density at radius 1 is 1.33 bits per heavy atom. The van der Waals surface area contributed by atoms with Gasteiger partial charge in [-0.25, -0.2) is 4.79 Å². The molecule has 1 saturated heterocycles. The molecule has 1 unspecified atom stereocenters. The van der Waals surface area contributed by atoms with E-state index >= 15 is 0 Å². The first kappa shape index (κ1) is 18.9. The Morgan fingerprint density at radius 2 is 2.11 bits per heavy atom. The van der Waals surface area contributed by atoms with E-state index in [1.165, 1.54) is 11.0 Å². The van der Waals surface area contributed by atoms with Gasteiger partial charge in [-0.15, -0.1) is 0 Å². The Balaban J connectivity index is 1.89. The summed E-state index contributed by atoms with van der Waals surface area (Å²) >= 11 is 0. The van der Waals surface area contributed by atoms with Crippen molar-refractivity contribution in [1.29, 1.82) is 0 Å². The molecule has 1 aromatic heterocycles. The Hall–Kier alpha value is -2.83. The predicted molar refractivity (Wildman–Crippen MR) is 101 cm³/mol. The molecule has 7 heteroatoms. The number of nitrogens with two attached hydrogens (primary N) is 1. The zero-order valence-corrected chi connectivity index (χ0v) is 15.6. The molecule has 1 aliphatic heterocycles. The number of ether oxygens (including phenoxy) is 1. The van der Waals surface area contributed by atoms with Gasteiger partial charge in [0.25, 0.3) is 5.91 Å². The van der Waals surface area contributed by atoms with E-state index in [0.29, 0.717) is 36.1 Å². The molecule has 0 spiro atoms. The summed E-state index contributed by atoms with van der Waals surface area (Å²) in [5, 5.41) is 0.711. The fourth-order valence-corrected chi connectivity index (χ4v) is 3.63. The molecule has 0 aliphatic carbocycles. The predicted octanol–water partition coefficient (Wildman–Crippen LogP) is 1.91. The molecule has 144 valence electrons. The van der Waals surface area contributed by atoms with Crippen LogP contribution in [0.25, 0.3) is 11.0 Å². The number of hydrogen-bond donors (Lipinski definition) is 1. The number of carbonyl (C=O) groups excluding carboxylic acids is 2. The van der Waals surface area contributed by atoms with Gasteiger partial charge in [0.15, 0.2) is 6.61 Å². The van der Waals surface area contributed by atoms with Gasteiger partial charge in [0, 0.05) is 12.6 Å². The minimum Gasteiger partial charge on any atom is -0.483 e. The highest BCUT2D eigenvalue weighted by molar-refractivity contribution is 5.89. The van der Waals surface area contributed by atoms with Crippen LogP contribution in [0.4, 0.5) is 0 Å². The number of hydrogen-bond acceptors (Lipinski definition) is 5. The number of likely N-dealkylation sites (tertiary alicyclic amines) is 1. The van der Waals surface area contributed by atoms with Gasteiger partial charge in [-0.05, 0) is 49.4 Å². The fraction of sp³-hybridized carbons (Fsp3) is 0.450. The molecule has 3 rings (SSSR count). The second-order valence-corrected chi connectivity index (χ2v) is 6.91. The highest BCUT2D eigenvalue weighted by Gasteiger charge is 2.32. The summed E-state index contributed by atoms with van der Waals surface area (Å²) in [6.07, 6.45) is 2.89. The largest absolute Gasteiger partial charge is 0.483 e. The van der Waals surface area contributed by atoms with Gasteiger partial charge < -0.3 is 19.8 Å². The number of amides is 2. The molecule has 0 radical (unpaired) electrons. The number of primary amides is 1. The van der Waals surface area contributed by atoms with Gasteiger partial charge >= 0.3 is 5.63 Å². The molecule has 7 nitrogen and oxygen atoms in total. The molecule has 2 amide bonds. The summed E-state index contributed by atoms with van der Waals surface area (Å²) in [4.78, 5) is 37.4. The van der Waals surface area contributed by atoms with E-state index in [1.807, 2.05) is 19.9 Å². The van der Waals surface area contributed by atoms with Crippen LogP contribution in [0.5, 0.6) is 5.75 Å². The third-order valence-electron chi connectivity index (χ3n) is 4.81. The SMILES string of the molecule is CCCc1cc(=O)oc2cc(C)cc(OCC(=O)N3CCCC3C(N)=O)c12. The Bertz CT molecular complexity index is 934. The van der Waals surface area contributed by atoms with Crippen molar-refractivity contribution in [3.63, 3.8) is 0 Å². The topological polar surface area (TPSA) is 103 Å². The quantitative estimate of drug-likeness (QED) is 0.780. The highest BCUT2D eigenvalue weighted by Crippen LogP contribution is 2.31. The first-order chi connectivity index (χ1) is 12.9. The van der Waals surface area contributed by atoms with Crippen molar-refractivity contribution in [2.45, 2.75) is 45.6 Å². The smallest absolute Gasteiger partial charge is 0.336 e. The van der Waals surface area contributed by atoms with Crippen molar-refractivity contribution < 1.29 is 18.7 Å². The molecule has 0 saturated carbocycles. The molecule has 2 aromatic rings. The Kier molecular flexibility index (Phi) is 5.48. The molecule has 1 aromatic carbocycles. The maximum Gasteiger partial charge on any atom is 0.336 e. The maximum atomic E-state index is 12.5. The Morgan fingerprint density at radius 3 is 2.81 bits per heavy atom. The lowest BCUT2D eigenvalue weighted by Crippen LogP contribution is -2.45. The van der Waals surface area contributed by atoms with Crippen LogP contribution in [-0.4, -0.2) is 35.9 Å². The van der Waals surface area contributed by atoms with E-state index in [0.717, 1.165) is 24.0 Å². The minimum atomic E-state index is -0.566. The zero-order chi connectivity index (χ0) is 19.6.